The molecule has 3 heteroatoms. The normalized spacial score (nSPS) is 23.8. The quantitative estimate of drug-likeness (QED) is 0.848. The van der Waals surface area contributed by atoms with Gasteiger partial charge in [0.25, 0.3) is 0 Å². The summed E-state index contributed by atoms with van der Waals surface area (Å²) >= 11 is 6.13. The van der Waals surface area contributed by atoms with E-state index in [4.69, 9.17) is 11.6 Å². The lowest BCUT2D eigenvalue weighted by molar-refractivity contribution is -0.122. The number of benzene rings is 2. The van der Waals surface area contributed by atoms with Gasteiger partial charge < -0.3 is 5.32 Å². The van der Waals surface area contributed by atoms with Crippen LogP contribution in [-0.4, -0.2) is 5.91 Å². The van der Waals surface area contributed by atoms with E-state index in [0.29, 0.717) is 10.9 Å². The number of fused-ring (bicyclic) bond motifs is 1. The topological polar surface area (TPSA) is 29.1 Å². The highest BCUT2D eigenvalue weighted by Crippen LogP contribution is 2.51. The van der Waals surface area contributed by atoms with Crippen LogP contribution >= 0.6 is 11.6 Å². The highest BCUT2D eigenvalue weighted by Gasteiger charge is 2.52. The van der Waals surface area contributed by atoms with Crippen LogP contribution in [0.25, 0.3) is 0 Å². The lowest BCUT2D eigenvalue weighted by Gasteiger charge is -2.34. The largest absolute Gasteiger partial charge is 0.325 e. The maximum Gasteiger partial charge on any atom is 0.235 e. The molecule has 23 heavy (non-hydrogen) atoms. The van der Waals surface area contributed by atoms with E-state index in [0.717, 1.165) is 30.5 Å². The Labute approximate surface area is 141 Å². The van der Waals surface area contributed by atoms with E-state index in [1.807, 2.05) is 30.3 Å². The van der Waals surface area contributed by atoms with E-state index in [9.17, 15) is 4.79 Å². The van der Waals surface area contributed by atoms with E-state index in [2.05, 4.69) is 23.5 Å². The molecule has 1 saturated carbocycles. The summed E-state index contributed by atoms with van der Waals surface area (Å²) in [6.45, 7) is 0. The molecule has 1 atom stereocenters. The van der Waals surface area contributed by atoms with Gasteiger partial charge in [-0.3, -0.25) is 4.79 Å². The maximum absolute atomic E-state index is 13.1. The Morgan fingerprint density at radius 3 is 2.57 bits per heavy atom. The number of hydrogen-bond donors (Lipinski definition) is 1. The van der Waals surface area contributed by atoms with E-state index in [-0.39, 0.29) is 5.91 Å². The summed E-state index contributed by atoms with van der Waals surface area (Å²) in [5.74, 6) is 0.552. The first-order chi connectivity index (χ1) is 11.2. The van der Waals surface area contributed by atoms with Crippen molar-refractivity contribution in [1.29, 1.82) is 0 Å². The fourth-order valence-corrected chi connectivity index (χ4v) is 4.60. The molecule has 1 aliphatic carbocycles. The van der Waals surface area contributed by atoms with Gasteiger partial charge in [-0.05, 0) is 48.4 Å². The van der Waals surface area contributed by atoms with Crippen molar-refractivity contribution >= 4 is 23.2 Å². The number of nitrogens with one attached hydrogen (secondary N) is 1. The molecule has 0 aromatic heterocycles. The Kier molecular flexibility index (Phi) is 3.65. The van der Waals surface area contributed by atoms with Crippen LogP contribution in [0.15, 0.2) is 48.5 Å². The summed E-state index contributed by atoms with van der Waals surface area (Å²) in [7, 11) is 0. The number of rotatable bonds is 3. The summed E-state index contributed by atoms with van der Waals surface area (Å²) < 4.78 is 0. The van der Waals surface area contributed by atoms with Gasteiger partial charge in [-0.15, -0.1) is 0 Å². The molecule has 1 fully saturated rings. The molecule has 2 aliphatic rings. The predicted molar refractivity (Wildman–Crippen MR) is 93.9 cm³/mol. The zero-order chi connectivity index (χ0) is 15.9. The number of halogens is 1. The standard InChI is InChI=1S/C20H20ClNO/c21-16-10-11-17-18(12-16)22-19(23)20(17,15-8-4-5-9-15)13-14-6-2-1-3-7-14/h1-3,6-7,10-12,15H,4-5,8-9,13H2,(H,22,23). The molecule has 4 rings (SSSR count). The summed E-state index contributed by atoms with van der Waals surface area (Å²) in [5.41, 5.74) is 2.79. The molecule has 1 N–H and O–H groups in total. The first-order valence-corrected chi connectivity index (χ1v) is 8.73. The van der Waals surface area contributed by atoms with Gasteiger partial charge in [0.05, 0.1) is 5.41 Å². The van der Waals surface area contributed by atoms with Crippen LogP contribution in [0, 0.1) is 5.92 Å². The summed E-state index contributed by atoms with van der Waals surface area (Å²) in [6, 6.07) is 16.2. The van der Waals surface area contributed by atoms with Crippen molar-refractivity contribution < 1.29 is 4.79 Å². The Hall–Kier alpha value is -1.80. The van der Waals surface area contributed by atoms with Crippen molar-refractivity contribution in [3.05, 3.63) is 64.7 Å². The van der Waals surface area contributed by atoms with E-state index >= 15 is 0 Å². The molecule has 1 aliphatic heterocycles. The Morgan fingerprint density at radius 1 is 1.09 bits per heavy atom. The van der Waals surface area contributed by atoms with Crippen LogP contribution in [0.4, 0.5) is 5.69 Å². The van der Waals surface area contributed by atoms with Crippen molar-refractivity contribution in [3.63, 3.8) is 0 Å². The minimum atomic E-state index is -0.447. The Balaban J connectivity index is 1.85. The Bertz CT molecular complexity index is 737. The van der Waals surface area contributed by atoms with Crippen LogP contribution < -0.4 is 5.32 Å². The monoisotopic (exact) mass is 325 g/mol. The average molecular weight is 326 g/mol. The molecule has 2 nitrogen and oxygen atoms in total. The molecule has 2 aromatic carbocycles. The van der Waals surface area contributed by atoms with Gasteiger partial charge in [0.1, 0.15) is 0 Å². The zero-order valence-electron chi connectivity index (χ0n) is 13.0. The highest BCUT2D eigenvalue weighted by atomic mass is 35.5. The molecule has 1 unspecified atom stereocenters. The third-order valence-corrected chi connectivity index (χ3v) is 5.73. The van der Waals surface area contributed by atoms with Crippen molar-refractivity contribution in [2.24, 2.45) is 5.92 Å². The second-order valence-corrected chi connectivity index (χ2v) is 7.20. The minimum Gasteiger partial charge on any atom is -0.325 e. The van der Waals surface area contributed by atoms with Crippen LogP contribution in [0.2, 0.25) is 5.02 Å². The summed E-state index contributed by atoms with van der Waals surface area (Å²) in [5, 5.41) is 3.78. The SMILES string of the molecule is O=C1Nc2cc(Cl)ccc2C1(Cc1ccccc1)C1CCCC1. The number of hydrogen-bond acceptors (Lipinski definition) is 1. The lowest BCUT2D eigenvalue weighted by atomic mass is 9.66. The number of carbonyl (C=O) groups is 1. The third kappa shape index (κ3) is 2.36. The van der Waals surface area contributed by atoms with Crippen LogP contribution in [0.3, 0.4) is 0 Å². The zero-order valence-corrected chi connectivity index (χ0v) is 13.8. The van der Waals surface area contributed by atoms with Crippen molar-refractivity contribution in [1.82, 2.24) is 0 Å². The first-order valence-electron chi connectivity index (χ1n) is 8.35. The van der Waals surface area contributed by atoms with E-state index in [1.54, 1.807) is 0 Å². The van der Waals surface area contributed by atoms with Gasteiger partial charge in [-0.25, -0.2) is 0 Å². The summed E-state index contributed by atoms with van der Waals surface area (Å²) in [4.78, 5) is 13.1. The smallest absolute Gasteiger partial charge is 0.235 e. The van der Waals surface area contributed by atoms with Crippen molar-refractivity contribution in [2.45, 2.75) is 37.5 Å². The van der Waals surface area contributed by atoms with Gasteiger partial charge >= 0.3 is 0 Å². The second-order valence-electron chi connectivity index (χ2n) is 6.76. The first kappa shape index (κ1) is 14.8. The van der Waals surface area contributed by atoms with Crippen molar-refractivity contribution in [3.8, 4) is 0 Å². The minimum absolute atomic E-state index is 0.144. The Morgan fingerprint density at radius 2 is 1.83 bits per heavy atom. The lowest BCUT2D eigenvalue weighted by Crippen LogP contribution is -2.43. The van der Waals surface area contributed by atoms with Gasteiger partial charge in [-0.1, -0.05) is 60.8 Å². The third-order valence-electron chi connectivity index (χ3n) is 5.49. The second kappa shape index (κ2) is 5.68. The number of carbonyl (C=O) groups excluding carboxylic acids is 1. The van der Waals surface area contributed by atoms with Gasteiger partial charge in [0.15, 0.2) is 0 Å². The molecule has 0 spiro atoms. The molecule has 1 amide bonds. The van der Waals surface area contributed by atoms with E-state index < -0.39 is 5.41 Å². The van der Waals surface area contributed by atoms with Crippen molar-refractivity contribution in [2.75, 3.05) is 5.32 Å². The van der Waals surface area contributed by atoms with Crippen LogP contribution in [0.1, 0.15) is 36.8 Å². The van der Waals surface area contributed by atoms with E-state index in [1.165, 1.54) is 18.4 Å². The molecule has 0 radical (unpaired) electrons. The number of anilines is 1. The van der Waals surface area contributed by atoms with Gasteiger partial charge in [0.2, 0.25) is 5.91 Å². The summed E-state index contributed by atoms with van der Waals surface area (Å²) in [6.07, 6.45) is 5.46. The molecule has 1 heterocycles. The fourth-order valence-electron chi connectivity index (χ4n) is 4.43. The van der Waals surface area contributed by atoms with Gasteiger partial charge in [0, 0.05) is 10.7 Å². The molecule has 118 valence electrons. The molecular formula is C20H20ClNO. The molecule has 0 bridgehead atoms. The molecular weight excluding hydrogens is 306 g/mol. The maximum atomic E-state index is 13.1. The van der Waals surface area contributed by atoms with Crippen LogP contribution in [-0.2, 0) is 16.6 Å². The fraction of sp³-hybridized carbons (Fsp3) is 0.350. The van der Waals surface area contributed by atoms with Crippen LogP contribution in [0.5, 0.6) is 0 Å². The predicted octanol–water partition coefficient (Wildman–Crippen LogP) is 4.96. The molecule has 0 saturated heterocycles. The average Bonchev–Trinajstić information content (AvgIpc) is 3.16. The highest BCUT2D eigenvalue weighted by molar-refractivity contribution is 6.31. The van der Waals surface area contributed by atoms with Gasteiger partial charge in [-0.2, -0.15) is 0 Å². The molecule has 2 aromatic rings. The number of amides is 1.